The van der Waals surface area contributed by atoms with Gasteiger partial charge < -0.3 is 5.11 Å². The quantitative estimate of drug-likeness (QED) is 0.776. The van der Waals surface area contributed by atoms with Crippen molar-refractivity contribution in [2.24, 2.45) is 0 Å². The third kappa shape index (κ3) is 3.74. The molecule has 0 saturated heterocycles. The second-order valence-corrected chi connectivity index (χ2v) is 5.04. The Hall–Kier alpha value is -1.02. The van der Waals surface area contributed by atoms with Crippen molar-refractivity contribution in [3.8, 4) is 5.75 Å². The van der Waals surface area contributed by atoms with Crippen molar-refractivity contribution < 1.29 is 5.11 Å². The van der Waals surface area contributed by atoms with Crippen molar-refractivity contribution >= 4 is 0 Å². The average molecular weight is 249 g/mol. The maximum absolute atomic E-state index is 9.65. The zero-order valence-electron chi connectivity index (χ0n) is 12.2. The lowest BCUT2D eigenvalue weighted by molar-refractivity contribution is 0.155. The summed E-state index contributed by atoms with van der Waals surface area (Å²) in [5.74, 6) is 0.367. The summed E-state index contributed by atoms with van der Waals surface area (Å²) in [6, 6.07) is 8.73. The lowest BCUT2D eigenvalue weighted by Gasteiger charge is -2.34. The summed E-state index contributed by atoms with van der Waals surface area (Å²) in [4.78, 5) is 2.47. The van der Waals surface area contributed by atoms with Crippen LogP contribution in [0.25, 0.3) is 0 Å². The summed E-state index contributed by atoms with van der Waals surface area (Å²) in [6.07, 6.45) is 4.64. The van der Waals surface area contributed by atoms with Crippen LogP contribution in [0.15, 0.2) is 24.3 Å². The number of benzene rings is 1. The number of rotatable bonds is 7. The normalized spacial score (nSPS) is 13.2. The summed E-state index contributed by atoms with van der Waals surface area (Å²) < 4.78 is 0. The Kier molecular flexibility index (Phi) is 6.20. The van der Waals surface area contributed by atoms with Crippen molar-refractivity contribution in [3.63, 3.8) is 0 Å². The van der Waals surface area contributed by atoms with Crippen LogP contribution in [0.3, 0.4) is 0 Å². The highest BCUT2D eigenvalue weighted by atomic mass is 16.3. The number of hydrogen-bond donors (Lipinski definition) is 1. The molecular formula is C16H27NO. The van der Waals surface area contributed by atoms with Gasteiger partial charge in [0.25, 0.3) is 0 Å². The largest absolute Gasteiger partial charge is 0.508 e. The molecule has 1 rings (SSSR count). The monoisotopic (exact) mass is 249 g/mol. The molecule has 1 N–H and O–H groups in total. The first kappa shape index (κ1) is 15.0. The standard InChI is InChI=1S/C16H27NO/c1-5-9-16(17(4)14(6-2)7-3)13-10-8-11-15(18)12-13/h8,10-12,14,16,18H,5-7,9H2,1-4H3. The maximum Gasteiger partial charge on any atom is 0.115 e. The van der Waals surface area contributed by atoms with Gasteiger partial charge in [-0.2, -0.15) is 0 Å². The third-order valence-electron chi connectivity index (χ3n) is 3.83. The van der Waals surface area contributed by atoms with Gasteiger partial charge in [0.15, 0.2) is 0 Å². The molecule has 1 atom stereocenters. The van der Waals surface area contributed by atoms with E-state index in [0.717, 1.165) is 12.8 Å². The van der Waals surface area contributed by atoms with E-state index < -0.39 is 0 Å². The van der Waals surface area contributed by atoms with Gasteiger partial charge in [-0.1, -0.05) is 39.3 Å². The molecule has 2 nitrogen and oxygen atoms in total. The van der Waals surface area contributed by atoms with Crippen molar-refractivity contribution in [1.82, 2.24) is 4.90 Å². The molecule has 0 fully saturated rings. The van der Waals surface area contributed by atoms with E-state index in [-0.39, 0.29) is 0 Å². The smallest absolute Gasteiger partial charge is 0.115 e. The molecule has 1 unspecified atom stereocenters. The van der Waals surface area contributed by atoms with Crippen LogP contribution in [0.1, 0.15) is 58.1 Å². The molecule has 0 aromatic heterocycles. The minimum Gasteiger partial charge on any atom is -0.508 e. The molecule has 0 spiro atoms. The number of phenolic OH excluding ortho intramolecular Hbond substituents is 1. The zero-order chi connectivity index (χ0) is 13.5. The van der Waals surface area contributed by atoms with Gasteiger partial charge >= 0.3 is 0 Å². The molecule has 2 heteroatoms. The Morgan fingerprint density at radius 3 is 2.33 bits per heavy atom. The highest BCUT2D eigenvalue weighted by Crippen LogP contribution is 2.29. The predicted molar refractivity (Wildman–Crippen MR) is 77.9 cm³/mol. The number of nitrogens with zero attached hydrogens (tertiary/aromatic N) is 1. The van der Waals surface area contributed by atoms with E-state index in [2.05, 4.69) is 38.8 Å². The topological polar surface area (TPSA) is 23.5 Å². The fraction of sp³-hybridized carbons (Fsp3) is 0.625. The number of hydrogen-bond acceptors (Lipinski definition) is 2. The molecule has 0 amide bonds. The van der Waals surface area contributed by atoms with Crippen LogP contribution in [0, 0.1) is 0 Å². The highest BCUT2D eigenvalue weighted by molar-refractivity contribution is 5.29. The van der Waals surface area contributed by atoms with Gasteiger partial charge in [-0.15, -0.1) is 0 Å². The Balaban J connectivity index is 2.94. The van der Waals surface area contributed by atoms with Gasteiger partial charge in [0.2, 0.25) is 0 Å². The molecule has 1 aromatic rings. The number of phenols is 1. The SMILES string of the molecule is CCCC(c1cccc(O)c1)N(C)C(CC)CC. The van der Waals surface area contributed by atoms with Crippen LogP contribution in [-0.2, 0) is 0 Å². The van der Waals surface area contributed by atoms with Gasteiger partial charge in [-0.05, 0) is 44.0 Å². The molecule has 0 aliphatic rings. The van der Waals surface area contributed by atoms with E-state index in [0.29, 0.717) is 17.8 Å². The van der Waals surface area contributed by atoms with E-state index in [4.69, 9.17) is 0 Å². The Morgan fingerprint density at radius 2 is 1.83 bits per heavy atom. The van der Waals surface area contributed by atoms with Gasteiger partial charge in [0.05, 0.1) is 0 Å². The van der Waals surface area contributed by atoms with Gasteiger partial charge in [0.1, 0.15) is 5.75 Å². The van der Waals surface area contributed by atoms with Gasteiger partial charge in [-0.25, -0.2) is 0 Å². The summed E-state index contributed by atoms with van der Waals surface area (Å²) >= 11 is 0. The summed E-state index contributed by atoms with van der Waals surface area (Å²) in [5, 5.41) is 9.65. The van der Waals surface area contributed by atoms with Crippen LogP contribution >= 0.6 is 0 Å². The maximum atomic E-state index is 9.65. The van der Waals surface area contributed by atoms with E-state index in [1.165, 1.54) is 18.4 Å². The molecule has 1 aromatic carbocycles. The summed E-state index contributed by atoms with van der Waals surface area (Å²) in [6.45, 7) is 6.71. The van der Waals surface area contributed by atoms with Gasteiger partial charge in [0, 0.05) is 12.1 Å². The van der Waals surface area contributed by atoms with Crippen LogP contribution < -0.4 is 0 Å². The molecule has 0 radical (unpaired) electrons. The predicted octanol–water partition coefficient (Wildman–Crippen LogP) is 4.35. The molecule has 0 bridgehead atoms. The second kappa shape index (κ2) is 7.42. The van der Waals surface area contributed by atoms with E-state index in [9.17, 15) is 5.11 Å². The Bertz CT molecular complexity index is 347. The van der Waals surface area contributed by atoms with Gasteiger partial charge in [-0.3, -0.25) is 4.90 Å². The molecule has 0 aliphatic heterocycles. The average Bonchev–Trinajstić information content (AvgIpc) is 2.37. The second-order valence-electron chi connectivity index (χ2n) is 5.04. The first-order valence-corrected chi connectivity index (χ1v) is 7.14. The highest BCUT2D eigenvalue weighted by Gasteiger charge is 2.21. The molecule has 0 saturated carbocycles. The van der Waals surface area contributed by atoms with E-state index in [1.54, 1.807) is 6.07 Å². The molecular weight excluding hydrogens is 222 g/mol. The first-order valence-electron chi connectivity index (χ1n) is 7.14. The van der Waals surface area contributed by atoms with Crippen molar-refractivity contribution in [3.05, 3.63) is 29.8 Å². The Labute approximate surface area is 112 Å². The molecule has 102 valence electrons. The minimum atomic E-state index is 0.367. The Morgan fingerprint density at radius 1 is 1.17 bits per heavy atom. The lowest BCUT2D eigenvalue weighted by atomic mass is 9.98. The van der Waals surface area contributed by atoms with Crippen LogP contribution in [0.4, 0.5) is 0 Å². The zero-order valence-corrected chi connectivity index (χ0v) is 12.2. The summed E-state index contributed by atoms with van der Waals surface area (Å²) in [5.41, 5.74) is 1.23. The fourth-order valence-electron chi connectivity index (χ4n) is 2.73. The first-order chi connectivity index (χ1) is 8.63. The van der Waals surface area contributed by atoms with Crippen molar-refractivity contribution in [2.45, 2.75) is 58.5 Å². The molecule has 18 heavy (non-hydrogen) atoms. The van der Waals surface area contributed by atoms with Crippen LogP contribution in [0.5, 0.6) is 5.75 Å². The van der Waals surface area contributed by atoms with Crippen molar-refractivity contribution in [2.75, 3.05) is 7.05 Å². The lowest BCUT2D eigenvalue weighted by Crippen LogP contribution is -2.34. The summed E-state index contributed by atoms with van der Waals surface area (Å²) in [7, 11) is 2.21. The molecule has 0 heterocycles. The minimum absolute atomic E-state index is 0.367. The van der Waals surface area contributed by atoms with Crippen LogP contribution in [-0.4, -0.2) is 23.1 Å². The van der Waals surface area contributed by atoms with E-state index in [1.807, 2.05) is 12.1 Å². The fourth-order valence-corrected chi connectivity index (χ4v) is 2.73. The third-order valence-corrected chi connectivity index (χ3v) is 3.83. The molecule has 0 aliphatic carbocycles. The number of aromatic hydroxyl groups is 1. The van der Waals surface area contributed by atoms with Crippen LogP contribution in [0.2, 0.25) is 0 Å². The van der Waals surface area contributed by atoms with E-state index >= 15 is 0 Å². The van der Waals surface area contributed by atoms with Crippen molar-refractivity contribution in [1.29, 1.82) is 0 Å².